The Balaban J connectivity index is 2.52. The van der Waals surface area contributed by atoms with Crippen LogP contribution in [0, 0.1) is 0 Å². The Hall–Kier alpha value is -2.14. The van der Waals surface area contributed by atoms with Crippen LogP contribution in [0.25, 0.3) is 10.9 Å². The summed E-state index contributed by atoms with van der Waals surface area (Å²) < 4.78 is 0. The third-order valence-corrected chi connectivity index (χ3v) is 3.34. The molecule has 0 saturated carbocycles. The van der Waals surface area contributed by atoms with Crippen LogP contribution in [0.2, 0.25) is 0 Å². The standard InChI is InChI=1S/C16H21N3O2/c1-3-17-15-11-13(16(21)19(4-2)9-10-20)12-7-5-6-8-14(12)18-15/h5-8,11,20H,3-4,9-10H2,1-2H3,(H,17,18). The number of fused-ring (bicyclic) bond motifs is 1. The summed E-state index contributed by atoms with van der Waals surface area (Å²) in [5, 5.41) is 13.1. The second-order valence-corrected chi connectivity index (χ2v) is 4.71. The summed E-state index contributed by atoms with van der Waals surface area (Å²) in [7, 11) is 0. The highest BCUT2D eigenvalue weighted by Gasteiger charge is 2.17. The lowest BCUT2D eigenvalue weighted by Gasteiger charge is -2.21. The van der Waals surface area contributed by atoms with Crippen molar-refractivity contribution in [3.8, 4) is 0 Å². The molecule has 21 heavy (non-hydrogen) atoms. The average Bonchev–Trinajstić information content (AvgIpc) is 2.51. The Kier molecular flexibility index (Phi) is 5.11. The Morgan fingerprint density at radius 1 is 1.33 bits per heavy atom. The summed E-state index contributed by atoms with van der Waals surface area (Å²) in [4.78, 5) is 18.8. The Morgan fingerprint density at radius 3 is 2.76 bits per heavy atom. The number of hydrogen-bond acceptors (Lipinski definition) is 4. The van der Waals surface area contributed by atoms with Crippen LogP contribution >= 0.6 is 0 Å². The van der Waals surface area contributed by atoms with Crippen LogP contribution < -0.4 is 5.32 Å². The molecule has 0 aliphatic rings. The molecule has 5 nitrogen and oxygen atoms in total. The fourth-order valence-corrected chi connectivity index (χ4v) is 2.32. The second kappa shape index (κ2) is 7.04. The van der Waals surface area contributed by atoms with E-state index in [9.17, 15) is 4.79 Å². The molecule has 0 spiro atoms. The van der Waals surface area contributed by atoms with Gasteiger partial charge in [0.05, 0.1) is 17.7 Å². The van der Waals surface area contributed by atoms with E-state index >= 15 is 0 Å². The van der Waals surface area contributed by atoms with Crippen LogP contribution in [-0.4, -0.2) is 47.1 Å². The molecule has 0 atom stereocenters. The summed E-state index contributed by atoms with van der Waals surface area (Å²) in [6, 6.07) is 9.39. The third-order valence-electron chi connectivity index (χ3n) is 3.34. The molecule has 112 valence electrons. The van der Waals surface area contributed by atoms with Crippen LogP contribution in [0.4, 0.5) is 5.82 Å². The van der Waals surface area contributed by atoms with Crippen molar-refractivity contribution in [3.63, 3.8) is 0 Å². The highest BCUT2D eigenvalue weighted by atomic mass is 16.3. The molecule has 0 bridgehead atoms. The van der Waals surface area contributed by atoms with Crippen molar-refractivity contribution in [1.82, 2.24) is 9.88 Å². The minimum atomic E-state index is -0.0793. The summed E-state index contributed by atoms with van der Waals surface area (Å²) in [6.45, 7) is 5.50. The first-order valence-electron chi connectivity index (χ1n) is 7.25. The normalized spacial score (nSPS) is 10.6. The topological polar surface area (TPSA) is 65.5 Å². The van der Waals surface area contributed by atoms with Gasteiger partial charge in [0.1, 0.15) is 5.82 Å². The minimum absolute atomic E-state index is 0.0390. The smallest absolute Gasteiger partial charge is 0.254 e. The van der Waals surface area contributed by atoms with E-state index in [1.54, 1.807) is 11.0 Å². The van der Waals surface area contributed by atoms with Gasteiger partial charge in [-0.25, -0.2) is 4.98 Å². The number of hydrogen-bond donors (Lipinski definition) is 2. The molecule has 0 unspecified atom stereocenters. The van der Waals surface area contributed by atoms with Gasteiger partial charge >= 0.3 is 0 Å². The molecule has 0 aliphatic heterocycles. The molecular weight excluding hydrogens is 266 g/mol. The van der Waals surface area contributed by atoms with E-state index in [0.717, 1.165) is 17.4 Å². The molecule has 0 saturated heterocycles. The summed E-state index contributed by atoms with van der Waals surface area (Å²) in [5.41, 5.74) is 1.41. The number of para-hydroxylation sites is 1. The molecule has 1 heterocycles. The maximum Gasteiger partial charge on any atom is 0.254 e. The number of carbonyl (C=O) groups excluding carboxylic acids is 1. The van der Waals surface area contributed by atoms with Crippen LogP contribution in [0.1, 0.15) is 24.2 Å². The fraction of sp³-hybridized carbons (Fsp3) is 0.375. The van der Waals surface area contributed by atoms with Gasteiger partial charge in [-0.2, -0.15) is 0 Å². The molecule has 5 heteroatoms. The van der Waals surface area contributed by atoms with Gasteiger partial charge < -0.3 is 15.3 Å². The average molecular weight is 287 g/mol. The molecule has 2 aromatic rings. The number of likely N-dealkylation sites (N-methyl/N-ethyl adjacent to an activating group) is 1. The molecule has 0 fully saturated rings. The second-order valence-electron chi connectivity index (χ2n) is 4.71. The van der Waals surface area contributed by atoms with E-state index in [4.69, 9.17) is 5.11 Å². The Bertz CT molecular complexity index is 628. The lowest BCUT2D eigenvalue weighted by Crippen LogP contribution is -2.33. The van der Waals surface area contributed by atoms with Gasteiger partial charge in [0.2, 0.25) is 0 Å². The SMILES string of the molecule is CCNc1cc(C(=O)N(CC)CCO)c2ccccc2n1. The first kappa shape index (κ1) is 15.3. The number of nitrogens with one attached hydrogen (secondary N) is 1. The zero-order chi connectivity index (χ0) is 15.2. The Labute approximate surface area is 124 Å². The molecule has 1 aromatic heterocycles. The van der Waals surface area contributed by atoms with Gasteiger partial charge in [0.25, 0.3) is 5.91 Å². The molecule has 1 aromatic carbocycles. The first-order valence-corrected chi connectivity index (χ1v) is 7.25. The molecular formula is C16H21N3O2. The van der Waals surface area contributed by atoms with E-state index < -0.39 is 0 Å². The van der Waals surface area contributed by atoms with Crippen LogP contribution in [0.15, 0.2) is 30.3 Å². The number of amides is 1. The van der Waals surface area contributed by atoms with E-state index in [-0.39, 0.29) is 12.5 Å². The molecule has 1 amide bonds. The van der Waals surface area contributed by atoms with Crippen LogP contribution in [0.5, 0.6) is 0 Å². The van der Waals surface area contributed by atoms with Gasteiger partial charge in [0.15, 0.2) is 0 Å². The molecule has 0 radical (unpaired) electrons. The number of nitrogens with zero attached hydrogens (tertiary/aromatic N) is 2. The maximum atomic E-state index is 12.7. The maximum absolute atomic E-state index is 12.7. The summed E-state index contributed by atoms with van der Waals surface area (Å²) in [6.07, 6.45) is 0. The van der Waals surface area contributed by atoms with Gasteiger partial charge in [-0.1, -0.05) is 18.2 Å². The van der Waals surface area contributed by atoms with Gasteiger partial charge in [0, 0.05) is 25.0 Å². The van der Waals surface area contributed by atoms with Crippen LogP contribution in [0.3, 0.4) is 0 Å². The predicted octanol–water partition coefficient (Wildman–Crippen LogP) is 2.12. The number of carbonyl (C=O) groups is 1. The third kappa shape index (κ3) is 3.31. The number of pyridine rings is 1. The number of rotatable bonds is 6. The molecule has 2 rings (SSSR count). The minimum Gasteiger partial charge on any atom is -0.395 e. The number of aliphatic hydroxyl groups is 1. The quantitative estimate of drug-likeness (QED) is 0.854. The molecule has 2 N–H and O–H groups in total. The van der Waals surface area contributed by atoms with E-state index in [1.807, 2.05) is 38.1 Å². The first-order chi connectivity index (χ1) is 10.2. The lowest BCUT2D eigenvalue weighted by atomic mass is 10.1. The van der Waals surface area contributed by atoms with Crippen molar-refractivity contribution in [3.05, 3.63) is 35.9 Å². The highest BCUT2D eigenvalue weighted by molar-refractivity contribution is 6.07. The molecule has 0 aliphatic carbocycles. The monoisotopic (exact) mass is 287 g/mol. The Morgan fingerprint density at radius 2 is 2.10 bits per heavy atom. The van der Waals surface area contributed by atoms with Crippen molar-refractivity contribution >= 4 is 22.6 Å². The summed E-state index contributed by atoms with van der Waals surface area (Å²) in [5.74, 6) is 0.615. The largest absolute Gasteiger partial charge is 0.395 e. The number of benzene rings is 1. The number of aromatic nitrogens is 1. The van der Waals surface area contributed by atoms with Crippen LogP contribution in [-0.2, 0) is 0 Å². The lowest BCUT2D eigenvalue weighted by molar-refractivity contribution is 0.0734. The van der Waals surface area contributed by atoms with Crippen molar-refractivity contribution in [2.45, 2.75) is 13.8 Å². The van der Waals surface area contributed by atoms with E-state index in [1.165, 1.54) is 0 Å². The van der Waals surface area contributed by atoms with Crippen molar-refractivity contribution in [2.24, 2.45) is 0 Å². The van der Waals surface area contributed by atoms with Gasteiger partial charge in [-0.3, -0.25) is 4.79 Å². The zero-order valence-corrected chi connectivity index (χ0v) is 12.5. The number of anilines is 1. The zero-order valence-electron chi connectivity index (χ0n) is 12.5. The number of aliphatic hydroxyl groups excluding tert-OH is 1. The highest BCUT2D eigenvalue weighted by Crippen LogP contribution is 2.22. The van der Waals surface area contributed by atoms with E-state index in [2.05, 4.69) is 10.3 Å². The van der Waals surface area contributed by atoms with Crippen molar-refractivity contribution in [1.29, 1.82) is 0 Å². The summed E-state index contributed by atoms with van der Waals surface area (Å²) >= 11 is 0. The van der Waals surface area contributed by atoms with Crippen molar-refractivity contribution in [2.75, 3.05) is 31.6 Å². The van der Waals surface area contributed by atoms with E-state index in [0.29, 0.717) is 24.5 Å². The van der Waals surface area contributed by atoms with Gasteiger partial charge in [-0.05, 0) is 26.0 Å². The fourth-order valence-electron chi connectivity index (χ4n) is 2.32. The van der Waals surface area contributed by atoms with Crippen molar-refractivity contribution < 1.29 is 9.90 Å². The van der Waals surface area contributed by atoms with Gasteiger partial charge in [-0.15, -0.1) is 0 Å². The predicted molar refractivity (Wildman–Crippen MR) is 84.6 cm³/mol.